The van der Waals surface area contributed by atoms with Crippen LogP contribution in [-0.4, -0.2) is 5.11 Å². The lowest BCUT2D eigenvalue weighted by atomic mass is 10.0. The molecule has 0 heterocycles. The third kappa shape index (κ3) is 3.86. The molecule has 1 N–H and O–H groups in total. The summed E-state index contributed by atoms with van der Waals surface area (Å²) in [5.74, 6) is 1.92. The van der Waals surface area contributed by atoms with Crippen LogP contribution in [0.2, 0.25) is 0 Å². The van der Waals surface area contributed by atoms with Crippen molar-refractivity contribution in [2.24, 2.45) is 0 Å². The van der Waals surface area contributed by atoms with Gasteiger partial charge in [-0.2, -0.15) is 0 Å². The third-order valence-corrected chi connectivity index (χ3v) is 3.93. The molecule has 2 rings (SSSR count). The molecule has 1 unspecified atom stereocenters. The van der Waals surface area contributed by atoms with E-state index >= 15 is 0 Å². The van der Waals surface area contributed by atoms with E-state index in [2.05, 4.69) is 41.9 Å². The standard InChI is InChI=1S/C18H21BrO2/c1-11(2)15-7-5-12(3)9-17(15)21-18-10-14(19)6-8-16(18)13(4)20/h5-11,13,20H,1-4H3. The summed E-state index contributed by atoms with van der Waals surface area (Å²) in [6, 6.07) is 11.9. The van der Waals surface area contributed by atoms with Crippen molar-refractivity contribution in [3.63, 3.8) is 0 Å². The smallest absolute Gasteiger partial charge is 0.134 e. The molecule has 3 heteroatoms. The molecular weight excluding hydrogens is 328 g/mol. The van der Waals surface area contributed by atoms with Gasteiger partial charge in [0.25, 0.3) is 0 Å². The quantitative estimate of drug-likeness (QED) is 0.764. The molecule has 0 saturated carbocycles. The van der Waals surface area contributed by atoms with Crippen LogP contribution in [0, 0.1) is 6.92 Å². The van der Waals surface area contributed by atoms with Crippen LogP contribution in [0.15, 0.2) is 40.9 Å². The molecule has 0 aliphatic rings. The van der Waals surface area contributed by atoms with Gasteiger partial charge in [0.1, 0.15) is 11.5 Å². The first-order chi connectivity index (χ1) is 9.88. The molecule has 0 radical (unpaired) electrons. The number of aryl methyl sites for hydroxylation is 1. The molecule has 0 amide bonds. The van der Waals surface area contributed by atoms with Gasteiger partial charge in [-0.3, -0.25) is 0 Å². The van der Waals surface area contributed by atoms with Crippen molar-refractivity contribution in [1.29, 1.82) is 0 Å². The maximum Gasteiger partial charge on any atom is 0.134 e. The molecule has 0 aliphatic carbocycles. The van der Waals surface area contributed by atoms with Crippen molar-refractivity contribution in [2.45, 2.75) is 39.7 Å². The molecule has 112 valence electrons. The van der Waals surface area contributed by atoms with Crippen LogP contribution in [0.5, 0.6) is 11.5 Å². The first-order valence-electron chi connectivity index (χ1n) is 7.14. The number of aliphatic hydroxyl groups excluding tert-OH is 1. The highest BCUT2D eigenvalue weighted by Crippen LogP contribution is 2.36. The van der Waals surface area contributed by atoms with Crippen LogP contribution >= 0.6 is 15.9 Å². The number of ether oxygens (including phenoxy) is 1. The molecule has 2 aromatic carbocycles. The van der Waals surface area contributed by atoms with E-state index in [9.17, 15) is 5.11 Å². The molecule has 2 nitrogen and oxygen atoms in total. The molecule has 0 fully saturated rings. The summed E-state index contributed by atoms with van der Waals surface area (Å²) in [6.07, 6.45) is -0.569. The molecule has 0 aliphatic heterocycles. The Balaban J connectivity index is 2.47. The molecule has 0 spiro atoms. The van der Waals surface area contributed by atoms with E-state index in [1.165, 1.54) is 0 Å². The van der Waals surface area contributed by atoms with Gasteiger partial charge in [-0.25, -0.2) is 0 Å². The Hall–Kier alpha value is -1.32. The van der Waals surface area contributed by atoms with Crippen LogP contribution in [0.25, 0.3) is 0 Å². The number of halogens is 1. The predicted octanol–water partition coefficient (Wildman–Crippen LogP) is 5.73. The normalized spacial score (nSPS) is 12.5. The summed E-state index contributed by atoms with van der Waals surface area (Å²) in [5, 5.41) is 9.91. The lowest BCUT2D eigenvalue weighted by Crippen LogP contribution is -1.99. The van der Waals surface area contributed by atoms with Crippen LogP contribution < -0.4 is 4.74 Å². The lowest BCUT2D eigenvalue weighted by Gasteiger charge is -2.18. The SMILES string of the molecule is Cc1ccc(C(C)C)c(Oc2cc(Br)ccc2C(C)O)c1. The van der Waals surface area contributed by atoms with Crippen molar-refractivity contribution >= 4 is 15.9 Å². The molecule has 1 atom stereocenters. The van der Waals surface area contributed by atoms with Crippen molar-refractivity contribution in [1.82, 2.24) is 0 Å². The Morgan fingerprint density at radius 1 is 0.952 bits per heavy atom. The minimum atomic E-state index is -0.569. The first-order valence-corrected chi connectivity index (χ1v) is 7.93. The Kier molecular flexibility index (Phi) is 5.07. The van der Waals surface area contributed by atoms with Crippen LogP contribution in [0.4, 0.5) is 0 Å². The van der Waals surface area contributed by atoms with Gasteiger partial charge in [0, 0.05) is 10.0 Å². The zero-order chi connectivity index (χ0) is 15.6. The average Bonchev–Trinajstić information content (AvgIpc) is 2.38. The molecule has 0 aromatic heterocycles. The van der Waals surface area contributed by atoms with Gasteiger partial charge in [-0.05, 0) is 49.1 Å². The summed E-state index contributed by atoms with van der Waals surface area (Å²) in [7, 11) is 0. The minimum absolute atomic E-state index is 0.378. The van der Waals surface area contributed by atoms with Gasteiger partial charge >= 0.3 is 0 Å². The molecule has 21 heavy (non-hydrogen) atoms. The number of benzene rings is 2. The molecule has 2 aromatic rings. The predicted molar refractivity (Wildman–Crippen MR) is 90.1 cm³/mol. The molecular formula is C18H21BrO2. The van der Waals surface area contributed by atoms with E-state index < -0.39 is 6.10 Å². The Morgan fingerprint density at radius 3 is 2.19 bits per heavy atom. The minimum Gasteiger partial charge on any atom is -0.457 e. The average molecular weight is 349 g/mol. The van der Waals surface area contributed by atoms with Gasteiger partial charge in [0.05, 0.1) is 6.10 Å². The van der Waals surface area contributed by atoms with E-state index in [0.717, 1.165) is 26.9 Å². The summed E-state index contributed by atoms with van der Waals surface area (Å²) in [5.41, 5.74) is 3.11. The van der Waals surface area contributed by atoms with Gasteiger partial charge in [-0.15, -0.1) is 0 Å². The van der Waals surface area contributed by atoms with Crippen LogP contribution in [0.3, 0.4) is 0 Å². The van der Waals surface area contributed by atoms with Gasteiger partial charge in [-0.1, -0.05) is 48.0 Å². The van der Waals surface area contributed by atoms with Crippen molar-refractivity contribution in [3.8, 4) is 11.5 Å². The first kappa shape index (κ1) is 16.1. The number of hydrogen-bond acceptors (Lipinski definition) is 2. The summed E-state index contributed by atoms with van der Waals surface area (Å²) < 4.78 is 7.07. The molecule has 0 saturated heterocycles. The second-order valence-electron chi connectivity index (χ2n) is 5.66. The van der Waals surface area contributed by atoms with E-state index in [1.54, 1.807) is 6.92 Å². The molecule has 0 bridgehead atoms. The van der Waals surface area contributed by atoms with Crippen molar-refractivity contribution in [3.05, 3.63) is 57.6 Å². The second-order valence-corrected chi connectivity index (χ2v) is 6.57. The maximum atomic E-state index is 9.91. The van der Waals surface area contributed by atoms with Crippen molar-refractivity contribution < 1.29 is 9.84 Å². The fourth-order valence-electron chi connectivity index (χ4n) is 2.27. The Labute approximate surface area is 134 Å². The summed E-state index contributed by atoms with van der Waals surface area (Å²) in [6.45, 7) is 8.09. The van der Waals surface area contributed by atoms with Crippen LogP contribution in [0.1, 0.15) is 49.5 Å². The summed E-state index contributed by atoms with van der Waals surface area (Å²) >= 11 is 3.46. The van der Waals surface area contributed by atoms with E-state index in [-0.39, 0.29) is 0 Å². The number of hydrogen-bond donors (Lipinski definition) is 1. The fraction of sp³-hybridized carbons (Fsp3) is 0.333. The van der Waals surface area contributed by atoms with E-state index in [0.29, 0.717) is 11.7 Å². The highest BCUT2D eigenvalue weighted by atomic mass is 79.9. The van der Waals surface area contributed by atoms with Crippen molar-refractivity contribution in [2.75, 3.05) is 0 Å². The van der Waals surface area contributed by atoms with Gasteiger partial charge in [0.2, 0.25) is 0 Å². The highest BCUT2D eigenvalue weighted by molar-refractivity contribution is 9.10. The monoisotopic (exact) mass is 348 g/mol. The van der Waals surface area contributed by atoms with E-state index in [1.807, 2.05) is 31.2 Å². The maximum absolute atomic E-state index is 9.91. The number of aliphatic hydroxyl groups is 1. The zero-order valence-corrected chi connectivity index (χ0v) is 14.4. The number of rotatable bonds is 4. The Bertz CT molecular complexity index is 578. The second kappa shape index (κ2) is 6.63. The Morgan fingerprint density at radius 2 is 1.57 bits per heavy atom. The zero-order valence-electron chi connectivity index (χ0n) is 12.9. The van der Waals surface area contributed by atoms with E-state index in [4.69, 9.17) is 4.74 Å². The highest BCUT2D eigenvalue weighted by Gasteiger charge is 2.14. The summed E-state index contributed by atoms with van der Waals surface area (Å²) in [4.78, 5) is 0. The fourth-order valence-corrected chi connectivity index (χ4v) is 2.61. The van der Waals surface area contributed by atoms with Gasteiger partial charge < -0.3 is 9.84 Å². The largest absolute Gasteiger partial charge is 0.457 e. The lowest BCUT2D eigenvalue weighted by molar-refractivity contribution is 0.195. The van der Waals surface area contributed by atoms with Gasteiger partial charge in [0.15, 0.2) is 0 Å². The topological polar surface area (TPSA) is 29.5 Å². The van der Waals surface area contributed by atoms with Crippen LogP contribution in [-0.2, 0) is 0 Å². The third-order valence-electron chi connectivity index (χ3n) is 3.44.